The monoisotopic (exact) mass is 473 g/mol. The molecule has 0 saturated carbocycles. The summed E-state index contributed by atoms with van der Waals surface area (Å²) in [4.78, 5) is 38.0. The number of nitrogens with one attached hydrogen (secondary N) is 1. The number of nitrogens with zero attached hydrogens (tertiary/aromatic N) is 4. The van der Waals surface area contributed by atoms with Crippen molar-refractivity contribution in [2.24, 2.45) is 5.11 Å². The number of unbranched alkanes of at least 4 members (excludes halogenated alkanes) is 1. The van der Waals surface area contributed by atoms with Gasteiger partial charge in [-0.15, -0.1) is 0 Å². The van der Waals surface area contributed by atoms with Gasteiger partial charge in [0.25, 0.3) is 5.56 Å². The van der Waals surface area contributed by atoms with Gasteiger partial charge in [0, 0.05) is 40.5 Å². The van der Waals surface area contributed by atoms with E-state index in [1.54, 1.807) is 6.92 Å². The van der Waals surface area contributed by atoms with E-state index >= 15 is 0 Å². The number of hydrogen-bond acceptors (Lipinski definition) is 8. The highest BCUT2D eigenvalue weighted by Gasteiger charge is 2.35. The molecule has 0 spiro atoms. The summed E-state index contributed by atoms with van der Waals surface area (Å²) in [6.07, 6.45) is 5.09. The van der Waals surface area contributed by atoms with E-state index in [1.165, 1.54) is 29.4 Å². The van der Waals surface area contributed by atoms with Gasteiger partial charge in [0.05, 0.1) is 18.8 Å². The number of H-pyrrole nitrogens is 1. The van der Waals surface area contributed by atoms with Crippen LogP contribution in [-0.4, -0.2) is 55.5 Å². The minimum absolute atomic E-state index is 0.265. The van der Waals surface area contributed by atoms with E-state index in [0.29, 0.717) is 12.0 Å². The van der Waals surface area contributed by atoms with Crippen molar-refractivity contribution in [3.63, 3.8) is 0 Å². The average Bonchev–Trinajstić information content (AvgIpc) is 3.38. The van der Waals surface area contributed by atoms with E-state index in [1.807, 2.05) is 21.6 Å². The number of aliphatic hydroxyl groups is 1. The maximum Gasteiger partial charge on any atom is 0.330 e. The second-order valence-electron chi connectivity index (χ2n) is 7.27. The highest BCUT2D eigenvalue weighted by atomic mass is 33.1. The Hall–Kier alpha value is -1.92. The fourth-order valence-corrected chi connectivity index (χ4v) is 6.28. The molecule has 2 saturated heterocycles. The summed E-state index contributed by atoms with van der Waals surface area (Å²) in [5.74, 6) is 0.609. The van der Waals surface area contributed by atoms with Crippen molar-refractivity contribution < 1.29 is 19.7 Å². The summed E-state index contributed by atoms with van der Waals surface area (Å²) < 4.78 is 6.69. The lowest BCUT2D eigenvalue weighted by molar-refractivity contribution is -0.137. The molecule has 1 aromatic rings. The van der Waals surface area contributed by atoms with E-state index in [9.17, 15) is 14.4 Å². The summed E-state index contributed by atoms with van der Waals surface area (Å²) in [5.41, 5.74) is 7.76. The topological polar surface area (TPSA) is 170 Å². The first kappa shape index (κ1) is 25.3. The Balaban J connectivity index is 0.000000245. The van der Waals surface area contributed by atoms with Gasteiger partial charge in [0.1, 0.15) is 6.23 Å². The van der Waals surface area contributed by atoms with Crippen molar-refractivity contribution in [2.75, 3.05) is 12.4 Å². The number of carboxylic acid groups (broad SMARTS) is 1. The lowest BCUT2D eigenvalue weighted by atomic mass is 10.1. The zero-order valence-corrected chi connectivity index (χ0v) is 18.8. The number of hydrogen-bond donors (Lipinski definition) is 3. The third-order valence-electron chi connectivity index (χ3n) is 4.93. The quantitative estimate of drug-likeness (QED) is 0.170. The van der Waals surface area contributed by atoms with Crippen LogP contribution in [0.3, 0.4) is 0 Å². The second-order valence-corrected chi connectivity index (χ2v) is 10.1. The molecule has 172 valence electrons. The van der Waals surface area contributed by atoms with Gasteiger partial charge in [-0.1, -0.05) is 33.1 Å². The normalized spacial score (nSPS) is 24.8. The molecule has 0 radical (unpaired) electrons. The molecule has 11 nitrogen and oxygen atoms in total. The highest BCUT2D eigenvalue weighted by Crippen LogP contribution is 2.39. The molecular weight excluding hydrogens is 446 g/mol. The molecule has 0 unspecified atom stereocenters. The van der Waals surface area contributed by atoms with Crippen LogP contribution in [0.15, 0.2) is 20.9 Å². The summed E-state index contributed by atoms with van der Waals surface area (Å²) in [7, 11) is 3.92. The molecule has 3 heterocycles. The van der Waals surface area contributed by atoms with Crippen molar-refractivity contribution >= 4 is 27.6 Å². The molecule has 3 rings (SSSR count). The molecule has 31 heavy (non-hydrogen) atoms. The van der Waals surface area contributed by atoms with E-state index in [4.69, 9.17) is 20.5 Å². The number of aliphatic carboxylic acids is 1. The van der Waals surface area contributed by atoms with Crippen molar-refractivity contribution in [1.82, 2.24) is 9.55 Å². The van der Waals surface area contributed by atoms with Crippen molar-refractivity contribution in [1.29, 1.82) is 0 Å². The van der Waals surface area contributed by atoms with Gasteiger partial charge in [-0.05, 0) is 31.7 Å². The van der Waals surface area contributed by atoms with Crippen LogP contribution in [0.25, 0.3) is 10.4 Å². The van der Waals surface area contributed by atoms with Crippen LogP contribution in [0.1, 0.15) is 50.3 Å². The Kier molecular flexibility index (Phi) is 10.5. The molecule has 2 aliphatic rings. The van der Waals surface area contributed by atoms with E-state index in [0.717, 1.165) is 18.1 Å². The number of carbonyl (C=O) groups is 1. The molecule has 2 fully saturated rings. The Morgan fingerprint density at radius 2 is 2.23 bits per heavy atom. The van der Waals surface area contributed by atoms with E-state index < -0.39 is 35.6 Å². The van der Waals surface area contributed by atoms with Gasteiger partial charge in [0.2, 0.25) is 0 Å². The number of ether oxygens (including phenoxy) is 1. The lowest BCUT2D eigenvalue weighted by Crippen LogP contribution is -2.33. The van der Waals surface area contributed by atoms with Crippen LogP contribution < -0.4 is 11.2 Å². The number of aliphatic hydroxyl groups excluding tert-OH is 1. The molecule has 0 aliphatic carbocycles. The van der Waals surface area contributed by atoms with Gasteiger partial charge in [-0.25, -0.2) is 4.79 Å². The molecular formula is C18H27N5O6S2. The predicted molar refractivity (Wildman–Crippen MR) is 119 cm³/mol. The van der Waals surface area contributed by atoms with Crippen molar-refractivity contribution in [3.05, 3.63) is 43.0 Å². The molecule has 0 amide bonds. The summed E-state index contributed by atoms with van der Waals surface area (Å²) in [6, 6.07) is -0.542. The van der Waals surface area contributed by atoms with Gasteiger partial charge in [-0.2, -0.15) is 0 Å². The van der Waals surface area contributed by atoms with Gasteiger partial charge in [0.15, 0.2) is 0 Å². The van der Waals surface area contributed by atoms with Crippen LogP contribution in [0.2, 0.25) is 0 Å². The maximum absolute atomic E-state index is 11.7. The molecule has 1 aromatic heterocycles. The number of azide groups is 1. The fourth-order valence-electron chi connectivity index (χ4n) is 3.25. The standard InChI is InChI=1S/C10H13N5O4.C8H14O2S2/c1-5-3-15(10(18)12-9(5)17)8-2-6(13-14-11)7(4-16)19-8;9-8(10)4-2-1-3-7-5-6-11-12-7/h3,6-8,16H,2,4H2,1H3,(H,12,17,18);7H,1-6H2,(H,9,10)/t6-,7+,8+;7-/m01/s1. The van der Waals surface area contributed by atoms with E-state index in [2.05, 4.69) is 15.0 Å². The first-order chi connectivity index (χ1) is 14.8. The van der Waals surface area contributed by atoms with Gasteiger partial charge < -0.3 is 14.9 Å². The Labute approximate surface area is 186 Å². The number of carboxylic acids is 1. The molecule has 0 aromatic carbocycles. The Morgan fingerprint density at radius 1 is 1.45 bits per heavy atom. The Morgan fingerprint density at radius 3 is 2.84 bits per heavy atom. The predicted octanol–water partition coefficient (Wildman–Crippen LogP) is 2.59. The van der Waals surface area contributed by atoms with Crippen molar-refractivity contribution in [3.8, 4) is 0 Å². The number of aromatic nitrogens is 2. The van der Waals surface area contributed by atoms with Crippen LogP contribution in [-0.2, 0) is 9.53 Å². The largest absolute Gasteiger partial charge is 0.481 e. The summed E-state index contributed by atoms with van der Waals surface area (Å²) in [6.45, 7) is 1.26. The summed E-state index contributed by atoms with van der Waals surface area (Å²) in [5, 5.41) is 21.9. The maximum atomic E-state index is 11.7. The zero-order valence-electron chi connectivity index (χ0n) is 17.2. The zero-order chi connectivity index (χ0) is 22.8. The van der Waals surface area contributed by atoms with Gasteiger partial charge >= 0.3 is 11.7 Å². The minimum Gasteiger partial charge on any atom is -0.481 e. The van der Waals surface area contributed by atoms with Crippen LogP contribution in [0, 0.1) is 6.92 Å². The number of aromatic amines is 1. The van der Waals surface area contributed by atoms with Gasteiger partial charge in [-0.3, -0.25) is 19.1 Å². The lowest BCUT2D eigenvalue weighted by Gasteiger charge is -2.14. The first-order valence-corrected chi connectivity index (χ1v) is 12.4. The average molecular weight is 474 g/mol. The third-order valence-corrected chi connectivity index (χ3v) is 7.94. The van der Waals surface area contributed by atoms with Crippen LogP contribution in [0.5, 0.6) is 0 Å². The Bertz CT molecular complexity index is 894. The number of aryl methyl sites for hydroxylation is 1. The highest BCUT2D eigenvalue weighted by molar-refractivity contribution is 8.77. The van der Waals surface area contributed by atoms with E-state index in [-0.39, 0.29) is 13.0 Å². The molecule has 4 atom stereocenters. The molecule has 2 aliphatic heterocycles. The van der Waals surface area contributed by atoms with Crippen LogP contribution >= 0.6 is 21.6 Å². The van der Waals surface area contributed by atoms with Crippen molar-refractivity contribution in [2.45, 2.75) is 69.1 Å². The molecule has 3 N–H and O–H groups in total. The summed E-state index contributed by atoms with van der Waals surface area (Å²) >= 11 is 0. The minimum atomic E-state index is -0.671. The molecule has 13 heteroatoms. The molecule has 0 bridgehead atoms. The fraction of sp³-hybridized carbons (Fsp3) is 0.722. The van der Waals surface area contributed by atoms with Crippen LogP contribution in [0.4, 0.5) is 0 Å². The third kappa shape index (κ3) is 7.93. The first-order valence-electron chi connectivity index (χ1n) is 9.98. The number of rotatable bonds is 8. The SMILES string of the molecule is Cc1cn([C@H]2C[C@H](N=[N+]=[N-])[C@@H](CO)O2)c(=O)[nH]c1=O.O=C(O)CCCC[C@@H]1CCSS1. The smallest absolute Gasteiger partial charge is 0.330 e. The second kappa shape index (κ2) is 12.8.